The average Bonchev–Trinajstić information content (AvgIpc) is 3.12. The van der Waals surface area contributed by atoms with E-state index in [0.29, 0.717) is 70.4 Å². The lowest BCUT2D eigenvalue weighted by Gasteiger charge is -2.34. The molecule has 0 atom stereocenters. The number of hydrogen-bond donors (Lipinski definition) is 0. The summed E-state index contributed by atoms with van der Waals surface area (Å²) in [7, 11) is -2.16. The lowest BCUT2D eigenvalue weighted by molar-refractivity contribution is -0.151. The second-order valence-electron chi connectivity index (χ2n) is 9.02. The number of hydrogen-bond acceptors (Lipinski definition) is 7. The fraction of sp³-hybridized carbons (Fsp3) is 0.609. The van der Waals surface area contributed by atoms with Gasteiger partial charge in [-0.3, -0.25) is 14.2 Å². The first kappa shape index (κ1) is 24.5. The van der Waals surface area contributed by atoms with E-state index in [4.69, 9.17) is 9.15 Å². The molecule has 186 valence electrons. The Bertz CT molecular complexity index is 1220. The van der Waals surface area contributed by atoms with E-state index < -0.39 is 15.8 Å². The van der Waals surface area contributed by atoms with Gasteiger partial charge < -0.3 is 14.1 Å². The molecule has 1 aromatic carbocycles. The first-order valence-corrected chi connectivity index (χ1v) is 13.2. The topological polar surface area (TPSA) is 119 Å². The summed E-state index contributed by atoms with van der Waals surface area (Å²) in [6, 6.07) is 4.45. The van der Waals surface area contributed by atoms with Gasteiger partial charge in [-0.2, -0.15) is 4.31 Å². The van der Waals surface area contributed by atoms with Gasteiger partial charge in [0.1, 0.15) is 0 Å². The first-order chi connectivity index (χ1) is 16.2. The van der Waals surface area contributed by atoms with Crippen molar-refractivity contribution in [2.24, 2.45) is 18.9 Å². The minimum atomic E-state index is -3.73. The molecule has 2 fully saturated rings. The first-order valence-electron chi connectivity index (χ1n) is 11.7. The fourth-order valence-corrected chi connectivity index (χ4v) is 6.26. The van der Waals surface area contributed by atoms with Crippen LogP contribution in [0.1, 0.15) is 39.0 Å². The van der Waals surface area contributed by atoms with E-state index >= 15 is 0 Å². The Morgan fingerprint density at radius 2 is 1.76 bits per heavy atom. The molecule has 10 nitrogen and oxygen atoms in total. The van der Waals surface area contributed by atoms with E-state index in [-0.39, 0.29) is 34.2 Å². The van der Waals surface area contributed by atoms with E-state index in [1.54, 1.807) is 20.0 Å². The molecule has 0 spiro atoms. The number of ether oxygens (including phenoxy) is 1. The number of piperidine rings is 2. The Balaban J connectivity index is 1.30. The zero-order chi connectivity index (χ0) is 24.5. The number of sulfonamides is 1. The highest BCUT2D eigenvalue weighted by Gasteiger charge is 2.33. The van der Waals surface area contributed by atoms with Crippen molar-refractivity contribution in [1.29, 1.82) is 0 Å². The van der Waals surface area contributed by atoms with Gasteiger partial charge in [0.2, 0.25) is 15.9 Å². The van der Waals surface area contributed by atoms with Crippen molar-refractivity contribution in [3.63, 3.8) is 0 Å². The number of benzene rings is 1. The molecule has 2 aliphatic heterocycles. The number of esters is 1. The van der Waals surface area contributed by atoms with Crippen LogP contribution >= 0.6 is 0 Å². The second kappa shape index (κ2) is 9.91. The molecule has 2 aromatic rings. The van der Waals surface area contributed by atoms with Gasteiger partial charge in [-0.05, 0) is 50.7 Å². The van der Waals surface area contributed by atoms with Crippen molar-refractivity contribution in [2.45, 2.75) is 43.9 Å². The molecule has 1 aromatic heterocycles. The highest BCUT2D eigenvalue weighted by Crippen LogP contribution is 2.28. The van der Waals surface area contributed by atoms with Crippen LogP contribution in [0, 0.1) is 11.8 Å². The summed E-state index contributed by atoms with van der Waals surface area (Å²) in [6.07, 6.45) is 2.83. The average molecular weight is 494 g/mol. The number of fused-ring (bicyclic) bond motifs is 1. The van der Waals surface area contributed by atoms with E-state index in [1.165, 1.54) is 21.0 Å². The lowest BCUT2D eigenvalue weighted by Crippen LogP contribution is -2.43. The molecular formula is C23H31N3O7S. The zero-order valence-electron chi connectivity index (χ0n) is 19.6. The smallest absolute Gasteiger partial charge is 0.419 e. The molecule has 4 rings (SSSR count). The number of oxazole rings is 1. The maximum atomic E-state index is 13.1. The molecule has 2 aliphatic rings. The summed E-state index contributed by atoms with van der Waals surface area (Å²) in [5.41, 5.74) is 0.772. The standard InChI is InChI=1S/C23H31N3O7S/c1-3-32-22(28)17-8-10-25(11-9-17)21(27)14-16-6-12-26(13-7-16)34(30,31)18-4-5-19-20(15-18)33-23(29)24(19)2/h4-5,15-17H,3,6-14H2,1-2H3. The van der Waals surface area contributed by atoms with Crippen LogP contribution in [0.2, 0.25) is 0 Å². The van der Waals surface area contributed by atoms with Gasteiger partial charge in [0.25, 0.3) is 0 Å². The number of rotatable bonds is 6. The highest BCUT2D eigenvalue weighted by atomic mass is 32.2. The zero-order valence-corrected chi connectivity index (χ0v) is 20.4. The van der Waals surface area contributed by atoms with Gasteiger partial charge in [-0.1, -0.05) is 0 Å². The van der Waals surface area contributed by atoms with Crippen LogP contribution in [0.25, 0.3) is 11.1 Å². The van der Waals surface area contributed by atoms with Crippen molar-refractivity contribution >= 4 is 33.0 Å². The van der Waals surface area contributed by atoms with Crippen LogP contribution < -0.4 is 5.76 Å². The van der Waals surface area contributed by atoms with Gasteiger partial charge in [0.05, 0.1) is 22.9 Å². The number of likely N-dealkylation sites (tertiary alicyclic amines) is 1. The molecule has 0 bridgehead atoms. The third-order valence-electron chi connectivity index (χ3n) is 6.91. The van der Waals surface area contributed by atoms with Crippen molar-refractivity contribution in [2.75, 3.05) is 32.8 Å². The Kier molecular flexibility index (Phi) is 7.13. The number of amides is 1. The van der Waals surface area contributed by atoms with E-state index in [1.807, 2.05) is 4.90 Å². The number of nitrogens with zero attached hydrogens (tertiary/aromatic N) is 3. The van der Waals surface area contributed by atoms with Crippen molar-refractivity contribution in [3.05, 3.63) is 28.7 Å². The third kappa shape index (κ3) is 4.90. The summed E-state index contributed by atoms with van der Waals surface area (Å²) >= 11 is 0. The summed E-state index contributed by atoms with van der Waals surface area (Å²) in [5, 5.41) is 0. The highest BCUT2D eigenvalue weighted by molar-refractivity contribution is 7.89. The second-order valence-corrected chi connectivity index (χ2v) is 11.0. The third-order valence-corrected chi connectivity index (χ3v) is 8.80. The summed E-state index contributed by atoms with van der Waals surface area (Å²) in [4.78, 5) is 38.2. The minimum Gasteiger partial charge on any atom is -0.466 e. The van der Waals surface area contributed by atoms with Crippen LogP contribution in [-0.4, -0.2) is 66.9 Å². The van der Waals surface area contributed by atoms with Gasteiger partial charge >= 0.3 is 11.7 Å². The SMILES string of the molecule is CCOC(=O)C1CCN(C(=O)CC2CCN(S(=O)(=O)c3ccc4c(c3)oc(=O)n4C)CC2)CC1. The van der Waals surface area contributed by atoms with Crippen molar-refractivity contribution in [3.8, 4) is 0 Å². The predicted octanol–water partition coefficient (Wildman–Crippen LogP) is 1.72. The van der Waals surface area contributed by atoms with Crippen molar-refractivity contribution < 1.29 is 27.2 Å². The maximum Gasteiger partial charge on any atom is 0.419 e. The Hall–Kier alpha value is -2.66. The van der Waals surface area contributed by atoms with Crippen LogP contribution in [-0.2, 0) is 31.4 Å². The van der Waals surface area contributed by atoms with Crippen LogP contribution in [0.4, 0.5) is 0 Å². The minimum absolute atomic E-state index is 0.0631. The molecule has 0 unspecified atom stereocenters. The number of carbonyl (C=O) groups is 2. The van der Waals surface area contributed by atoms with E-state index in [2.05, 4.69) is 0 Å². The molecule has 3 heterocycles. The van der Waals surface area contributed by atoms with Gasteiger partial charge in [-0.25, -0.2) is 13.2 Å². The Morgan fingerprint density at radius 3 is 2.41 bits per heavy atom. The lowest BCUT2D eigenvalue weighted by atomic mass is 9.92. The molecular weight excluding hydrogens is 462 g/mol. The van der Waals surface area contributed by atoms with Crippen LogP contribution in [0.15, 0.2) is 32.3 Å². The monoisotopic (exact) mass is 493 g/mol. The maximum absolute atomic E-state index is 13.1. The quantitative estimate of drug-likeness (QED) is 0.562. The van der Waals surface area contributed by atoms with Gasteiger partial charge in [0, 0.05) is 45.7 Å². The molecule has 0 aliphatic carbocycles. The normalized spacial score (nSPS) is 18.9. The molecule has 2 saturated heterocycles. The van der Waals surface area contributed by atoms with Crippen LogP contribution in [0.5, 0.6) is 0 Å². The number of aryl methyl sites for hydroxylation is 1. The summed E-state index contributed by atoms with van der Waals surface area (Å²) in [5.74, 6) is -0.679. The van der Waals surface area contributed by atoms with Crippen LogP contribution in [0.3, 0.4) is 0 Å². The molecule has 0 N–H and O–H groups in total. The fourth-order valence-electron chi connectivity index (χ4n) is 4.78. The Labute approximate surface area is 198 Å². The largest absolute Gasteiger partial charge is 0.466 e. The molecule has 34 heavy (non-hydrogen) atoms. The molecule has 1 amide bonds. The number of carbonyl (C=O) groups excluding carboxylic acids is 2. The predicted molar refractivity (Wildman–Crippen MR) is 123 cm³/mol. The van der Waals surface area contributed by atoms with E-state index in [9.17, 15) is 22.8 Å². The number of aromatic nitrogens is 1. The van der Waals surface area contributed by atoms with Gasteiger partial charge in [0.15, 0.2) is 5.58 Å². The Morgan fingerprint density at radius 1 is 1.09 bits per heavy atom. The van der Waals surface area contributed by atoms with Crippen molar-refractivity contribution in [1.82, 2.24) is 13.8 Å². The van der Waals surface area contributed by atoms with E-state index in [0.717, 1.165) is 0 Å². The molecule has 11 heteroatoms. The molecule has 0 saturated carbocycles. The summed E-state index contributed by atoms with van der Waals surface area (Å²) < 4.78 is 39.2. The molecule has 0 radical (unpaired) electrons. The van der Waals surface area contributed by atoms with Gasteiger partial charge in [-0.15, -0.1) is 0 Å². The summed E-state index contributed by atoms with van der Waals surface area (Å²) in [6.45, 7) is 3.92.